The van der Waals surface area contributed by atoms with Gasteiger partial charge in [-0.25, -0.2) is 4.79 Å². The van der Waals surface area contributed by atoms with E-state index in [0.29, 0.717) is 11.6 Å². The summed E-state index contributed by atoms with van der Waals surface area (Å²) in [6.07, 6.45) is -0.213. The van der Waals surface area contributed by atoms with Gasteiger partial charge < -0.3 is 10.1 Å². The number of tetrazole rings is 1. The summed E-state index contributed by atoms with van der Waals surface area (Å²) in [6, 6.07) is 13.0. The zero-order valence-corrected chi connectivity index (χ0v) is 22.0. The Hall–Kier alpha value is -3.20. The van der Waals surface area contributed by atoms with Gasteiger partial charge in [0.1, 0.15) is 13.2 Å². The Morgan fingerprint density at radius 2 is 1.77 bits per heavy atom. The van der Waals surface area contributed by atoms with Crippen molar-refractivity contribution in [1.29, 1.82) is 0 Å². The number of carbonyl (C=O) groups excluding carboxylic acids is 2. The van der Waals surface area contributed by atoms with Crippen LogP contribution in [0, 0.1) is 13.8 Å². The van der Waals surface area contributed by atoms with Gasteiger partial charge >= 0.3 is 6.09 Å². The third-order valence-corrected chi connectivity index (χ3v) is 6.75. The Balaban J connectivity index is 1.58. The van der Waals surface area contributed by atoms with Crippen LogP contribution in [0.1, 0.15) is 56.4 Å². The van der Waals surface area contributed by atoms with E-state index in [-0.39, 0.29) is 24.3 Å². The van der Waals surface area contributed by atoms with Crippen LogP contribution in [0.3, 0.4) is 0 Å². The van der Waals surface area contributed by atoms with Gasteiger partial charge in [-0.3, -0.25) is 4.79 Å². The van der Waals surface area contributed by atoms with E-state index >= 15 is 0 Å². The van der Waals surface area contributed by atoms with E-state index in [1.165, 1.54) is 22.1 Å². The van der Waals surface area contributed by atoms with Crippen LogP contribution in [0.15, 0.2) is 52.5 Å². The Kier molecular flexibility index (Phi) is 8.67. The number of alkyl carbamates (subject to hydrolysis) is 1. The fourth-order valence-electron chi connectivity index (χ4n) is 3.54. The number of hydrogen-bond acceptors (Lipinski definition) is 7. The normalized spacial score (nSPS) is 12.3. The van der Waals surface area contributed by atoms with Crippen LogP contribution >= 0.6 is 11.8 Å². The number of rotatable bonds is 9. The van der Waals surface area contributed by atoms with Crippen LogP contribution < -0.4 is 5.32 Å². The molecule has 1 N–H and O–H groups in total. The molecular formula is C26H33N5O3S. The molecule has 35 heavy (non-hydrogen) atoms. The lowest BCUT2D eigenvalue weighted by Crippen LogP contribution is -2.42. The van der Waals surface area contributed by atoms with E-state index in [1.54, 1.807) is 0 Å². The predicted molar refractivity (Wildman–Crippen MR) is 135 cm³/mol. The maximum Gasteiger partial charge on any atom is 0.408 e. The van der Waals surface area contributed by atoms with E-state index in [1.807, 2.05) is 37.3 Å². The molecule has 0 aliphatic heterocycles. The first-order valence-corrected chi connectivity index (χ1v) is 12.5. The van der Waals surface area contributed by atoms with Crippen molar-refractivity contribution in [3.63, 3.8) is 0 Å². The van der Waals surface area contributed by atoms with Gasteiger partial charge in [0, 0.05) is 4.90 Å². The molecule has 0 aliphatic rings. The van der Waals surface area contributed by atoms with E-state index in [0.717, 1.165) is 21.6 Å². The summed E-state index contributed by atoms with van der Waals surface area (Å²) in [7, 11) is 0. The summed E-state index contributed by atoms with van der Waals surface area (Å²) < 4.78 is 5.23. The number of ether oxygens (including phenoxy) is 1. The standard InChI is InChI=1S/C26H33N5O3S/c1-7-21(27-25(33)34-16-19-11-9-8-10-12-19)22(32)15-31-29-24(28-30-31)35-23-17(2)13-20(14-18(23)3)26(4,5)6/h8-14,21H,7,15-16H2,1-6H3,(H,27,33). The number of amides is 1. The summed E-state index contributed by atoms with van der Waals surface area (Å²) in [5.74, 6) is -0.222. The smallest absolute Gasteiger partial charge is 0.408 e. The second kappa shape index (κ2) is 11.5. The van der Waals surface area contributed by atoms with Crippen molar-refractivity contribution < 1.29 is 14.3 Å². The Bertz CT molecular complexity index is 1150. The third kappa shape index (κ3) is 7.39. The lowest BCUT2D eigenvalue weighted by Gasteiger charge is -2.21. The second-order valence-electron chi connectivity index (χ2n) is 9.53. The molecule has 0 fully saturated rings. The lowest BCUT2D eigenvalue weighted by atomic mass is 9.85. The van der Waals surface area contributed by atoms with E-state index in [9.17, 15) is 9.59 Å². The molecular weight excluding hydrogens is 462 g/mol. The van der Waals surface area contributed by atoms with Gasteiger partial charge in [0.15, 0.2) is 5.78 Å². The molecule has 1 aromatic heterocycles. The lowest BCUT2D eigenvalue weighted by molar-refractivity contribution is -0.122. The Morgan fingerprint density at radius 3 is 2.37 bits per heavy atom. The van der Waals surface area contributed by atoms with Crippen molar-refractivity contribution in [2.45, 2.75) is 82.6 Å². The Labute approximate surface area is 210 Å². The van der Waals surface area contributed by atoms with Crippen LogP contribution in [-0.4, -0.2) is 38.1 Å². The molecule has 186 valence electrons. The second-order valence-corrected chi connectivity index (χ2v) is 10.5. The highest BCUT2D eigenvalue weighted by atomic mass is 32.2. The predicted octanol–water partition coefficient (Wildman–Crippen LogP) is 5.01. The van der Waals surface area contributed by atoms with Crippen molar-refractivity contribution in [3.05, 3.63) is 64.7 Å². The highest BCUT2D eigenvalue weighted by Crippen LogP contribution is 2.34. The number of hydrogen-bond donors (Lipinski definition) is 1. The molecule has 0 saturated heterocycles. The number of carbonyl (C=O) groups is 2. The van der Waals surface area contributed by atoms with Crippen molar-refractivity contribution in [3.8, 4) is 0 Å². The van der Waals surface area contributed by atoms with Crippen molar-refractivity contribution in [1.82, 2.24) is 25.5 Å². The summed E-state index contributed by atoms with van der Waals surface area (Å²) in [5, 5.41) is 15.6. The zero-order chi connectivity index (χ0) is 25.6. The molecule has 3 aromatic rings. The minimum Gasteiger partial charge on any atom is -0.445 e. The monoisotopic (exact) mass is 495 g/mol. The van der Waals surface area contributed by atoms with Gasteiger partial charge in [0.2, 0.25) is 5.16 Å². The molecule has 2 aromatic carbocycles. The van der Waals surface area contributed by atoms with E-state index in [4.69, 9.17) is 4.74 Å². The first kappa shape index (κ1) is 26.4. The van der Waals surface area contributed by atoms with Crippen LogP contribution in [0.25, 0.3) is 0 Å². The molecule has 0 saturated carbocycles. The van der Waals surface area contributed by atoms with Crippen molar-refractivity contribution in [2.75, 3.05) is 0 Å². The van der Waals surface area contributed by atoms with Crippen LogP contribution in [0.2, 0.25) is 0 Å². The van der Waals surface area contributed by atoms with Crippen molar-refractivity contribution >= 4 is 23.6 Å². The first-order chi connectivity index (χ1) is 16.6. The molecule has 0 spiro atoms. The average molecular weight is 496 g/mol. The van der Waals surface area contributed by atoms with Crippen molar-refractivity contribution in [2.24, 2.45) is 0 Å². The summed E-state index contributed by atoms with van der Waals surface area (Å²) in [4.78, 5) is 27.3. The highest BCUT2D eigenvalue weighted by molar-refractivity contribution is 7.99. The SMILES string of the molecule is CCC(NC(=O)OCc1ccccc1)C(=O)Cn1nnc(Sc2c(C)cc(C(C)(C)C)cc2C)n1. The number of aryl methyl sites for hydroxylation is 2. The van der Waals surface area contributed by atoms with Gasteiger partial charge in [-0.1, -0.05) is 70.2 Å². The fourth-order valence-corrected chi connectivity index (χ4v) is 4.37. The maximum absolute atomic E-state index is 12.8. The topological polar surface area (TPSA) is 99.0 Å². The number of Topliss-reactive ketones (excluding diaryl/α,β-unsaturated/α-hetero) is 1. The van der Waals surface area contributed by atoms with Gasteiger partial charge in [-0.15, -0.1) is 10.2 Å². The zero-order valence-electron chi connectivity index (χ0n) is 21.2. The summed E-state index contributed by atoms with van der Waals surface area (Å²) in [6.45, 7) is 12.6. The number of nitrogens with one attached hydrogen (secondary N) is 1. The molecule has 1 atom stereocenters. The minimum atomic E-state index is -0.699. The number of ketones is 1. The molecule has 9 heteroatoms. The van der Waals surface area contributed by atoms with Gasteiger partial charge in [-0.05, 0) is 64.9 Å². The van der Waals surface area contributed by atoms with Gasteiger partial charge in [0.25, 0.3) is 0 Å². The summed E-state index contributed by atoms with van der Waals surface area (Å²) >= 11 is 1.43. The largest absolute Gasteiger partial charge is 0.445 e. The average Bonchev–Trinajstić information content (AvgIpc) is 3.25. The summed E-state index contributed by atoms with van der Waals surface area (Å²) in [5.41, 5.74) is 4.52. The maximum atomic E-state index is 12.8. The van der Waals surface area contributed by atoms with Crippen LogP contribution in [0.4, 0.5) is 4.79 Å². The molecule has 3 rings (SSSR count). The molecule has 0 aliphatic carbocycles. The first-order valence-electron chi connectivity index (χ1n) is 11.6. The van der Waals surface area contributed by atoms with E-state index < -0.39 is 12.1 Å². The minimum absolute atomic E-state index is 0.0677. The van der Waals surface area contributed by atoms with Gasteiger partial charge in [-0.2, -0.15) is 4.80 Å². The molecule has 8 nitrogen and oxygen atoms in total. The number of benzene rings is 2. The van der Waals surface area contributed by atoms with Crippen LogP contribution in [-0.2, 0) is 28.1 Å². The molecule has 0 radical (unpaired) electrons. The third-order valence-electron chi connectivity index (χ3n) is 5.55. The Morgan fingerprint density at radius 1 is 1.11 bits per heavy atom. The molecule has 0 bridgehead atoms. The van der Waals surface area contributed by atoms with Gasteiger partial charge in [0.05, 0.1) is 6.04 Å². The molecule has 1 amide bonds. The molecule has 1 unspecified atom stereocenters. The highest BCUT2D eigenvalue weighted by Gasteiger charge is 2.22. The number of nitrogens with zero attached hydrogens (tertiary/aromatic N) is 4. The quantitative estimate of drug-likeness (QED) is 0.445. The fraction of sp³-hybridized carbons (Fsp3) is 0.423. The van der Waals surface area contributed by atoms with Crippen LogP contribution in [0.5, 0.6) is 0 Å². The van der Waals surface area contributed by atoms with E-state index in [2.05, 4.69) is 67.5 Å². The molecule has 1 heterocycles. The number of aromatic nitrogens is 4.